The molecule has 0 aliphatic carbocycles. The van der Waals surface area contributed by atoms with Crippen LogP contribution in [-0.4, -0.2) is 54.8 Å². The van der Waals surface area contributed by atoms with Crippen molar-refractivity contribution in [3.63, 3.8) is 0 Å². The lowest BCUT2D eigenvalue weighted by molar-refractivity contribution is -0.136. The van der Waals surface area contributed by atoms with Gasteiger partial charge in [0.1, 0.15) is 18.1 Å². The number of anilines is 1. The molecule has 0 radical (unpaired) electrons. The highest BCUT2D eigenvalue weighted by atomic mass is 16.5. The smallest absolute Gasteiger partial charge is 0.260 e. The normalized spacial score (nSPS) is 10.4. The molecule has 0 aliphatic heterocycles. The molecule has 0 saturated heterocycles. The Bertz CT molecular complexity index is 717. The Hall–Kier alpha value is -2.87. The molecule has 1 aromatic heterocycles. The van der Waals surface area contributed by atoms with Crippen molar-refractivity contribution in [3.05, 3.63) is 42.2 Å². The summed E-state index contributed by atoms with van der Waals surface area (Å²) in [6.07, 6.45) is 0.626. The highest BCUT2D eigenvalue weighted by Crippen LogP contribution is 2.09. The van der Waals surface area contributed by atoms with Gasteiger partial charge >= 0.3 is 0 Å². The number of nitrogens with one attached hydrogen (secondary N) is 1. The van der Waals surface area contributed by atoms with Gasteiger partial charge in [0.15, 0.2) is 12.4 Å². The molecular formula is C19H25N3O5. The van der Waals surface area contributed by atoms with Crippen LogP contribution in [0, 0.1) is 6.92 Å². The number of para-hydroxylation sites is 1. The standard InChI is InChI=1S/C19H25N3O5/c1-3-25-11-7-10-22(13-18(23)20-17-12-15(2)27-21-17)19(24)14-26-16-8-5-4-6-9-16/h4-6,8-9,12H,3,7,10-11,13-14H2,1-2H3,(H,20,21,23). The first kappa shape index (κ1) is 20.4. The monoisotopic (exact) mass is 375 g/mol. The highest BCUT2D eigenvalue weighted by molar-refractivity contribution is 5.94. The van der Waals surface area contributed by atoms with Crippen LogP contribution in [0.1, 0.15) is 19.1 Å². The number of hydrogen-bond acceptors (Lipinski definition) is 6. The van der Waals surface area contributed by atoms with E-state index in [0.29, 0.717) is 43.5 Å². The van der Waals surface area contributed by atoms with Crippen LogP contribution in [0.5, 0.6) is 5.75 Å². The average Bonchev–Trinajstić information content (AvgIpc) is 3.07. The Labute approximate surface area is 158 Å². The molecule has 0 bridgehead atoms. The summed E-state index contributed by atoms with van der Waals surface area (Å²) in [5.41, 5.74) is 0. The SMILES string of the molecule is CCOCCCN(CC(=O)Nc1cc(C)on1)C(=O)COc1ccccc1. The molecule has 8 heteroatoms. The second kappa shape index (κ2) is 11.0. The summed E-state index contributed by atoms with van der Waals surface area (Å²) in [5, 5.41) is 6.33. The van der Waals surface area contributed by atoms with E-state index in [1.165, 1.54) is 4.90 Å². The number of amides is 2. The third-order valence-corrected chi connectivity index (χ3v) is 3.61. The van der Waals surface area contributed by atoms with Crippen LogP contribution in [0.15, 0.2) is 40.9 Å². The molecule has 0 atom stereocenters. The fraction of sp³-hybridized carbons (Fsp3) is 0.421. The number of carbonyl (C=O) groups excluding carboxylic acids is 2. The van der Waals surface area contributed by atoms with Crippen molar-refractivity contribution in [2.75, 3.05) is 38.2 Å². The number of aryl methyl sites for hydroxylation is 1. The first-order chi connectivity index (χ1) is 13.1. The molecule has 1 aromatic carbocycles. The van der Waals surface area contributed by atoms with Crippen molar-refractivity contribution in [2.45, 2.75) is 20.3 Å². The van der Waals surface area contributed by atoms with Crippen LogP contribution in [0.4, 0.5) is 5.82 Å². The summed E-state index contributed by atoms with van der Waals surface area (Å²) >= 11 is 0. The minimum atomic E-state index is -0.354. The molecule has 2 amide bonds. The molecule has 2 aromatic rings. The van der Waals surface area contributed by atoms with Crippen molar-refractivity contribution in [3.8, 4) is 5.75 Å². The van der Waals surface area contributed by atoms with Gasteiger partial charge in [0.05, 0.1) is 0 Å². The summed E-state index contributed by atoms with van der Waals surface area (Å²) < 4.78 is 15.7. The molecule has 0 aliphatic rings. The lowest BCUT2D eigenvalue weighted by atomic mass is 10.3. The minimum Gasteiger partial charge on any atom is -0.484 e. The lowest BCUT2D eigenvalue weighted by Crippen LogP contribution is -2.41. The Kier molecular flexibility index (Phi) is 8.31. The van der Waals surface area contributed by atoms with Gasteiger partial charge in [-0.3, -0.25) is 9.59 Å². The predicted molar refractivity (Wildman–Crippen MR) is 99.5 cm³/mol. The van der Waals surface area contributed by atoms with Crippen molar-refractivity contribution in [1.29, 1.82) is 0 Å². The fourth-order valence-corrected chi connectivity index (χ4v) is 2.33. The first-order valence-electron chi connectivity index (χ1n) is 8.85. The first-order valence-corrected chi connectivity index (χ1v) is 8.85. The summed E-state index contributed by atoms with van der Waals surface area (Å²) in [5.74, 6) is 0.878. The maximum Gasteiger partial charge on any atom is 0.260 e. The van der Waals surface area contributed by atoms with Gasteiger partial charge in [0.25, 0.3) is 5.91 Å². The zero-order chi connectivity index (χ0) is 19.5. The Morgan fingerprint density at radius 2 is 2.04 bits per heavy atom. The van der Waals surface area contributed by atoms with E-state index in [2.05, 4.69) is 10.5 Å². The molecule has 2 rings (SSSR count). The lowest BCUT2D eigenvalue weighted by Gasteiger charge is -2.22. The minimum absolute atomic E-state index is 0.102. The van der Waals surface area contributed by atoms with Crippen molar-refractivity contribution < 1.29 is 23.6 Å². The van der Waals surface area contributed by atoms with Crippen molar-refractivity contribution >= 4 is 17.6 Å². The number of hydrogen-bond donors (Lipinski definition) is 1. The van der Waals surface area contributed by atoms with Gasteiger partial charge in [-0.25, -0.2) is 0 Å². The number of carbonyl (C=O) groups is 2. The van der Waals surface area contributed by atoms with Gasteiger partial charge in [-0.1, -0.05) is 23.4 Å². The summed E-state index contributed by atoms with van der Waals surface area (Å²) in [6.45, 7) is 4.91. The second-order valence-corrected chi connectivity index (χ2v) is 5.84. The maximum absolute atomic E-state index is 12.5. The van der Waals surface area contributed by atoms with E-state index in [-0.39, 0.29) is 25.0 Å². The Morgan fingerprint density at radius 3 is 2.70 bits per heavy atom. The third-order valence-electron chi connectivity index (χ3n) is 3.61. The van der Waals surface area contributed by atoms with Gasteiger partial charge in [-0.15, -0.1) is 0 Å². The highest BCUT2D eigenvalue weighted by Gasteiger charge is 2.18. The molecule has 1 N–H and O–H groups in total. The van der Waals surface area contributed by atoms with E-state index < -0.39 is 0 Å². The maximum atomic E-state index is 12.5. The van der Waals surface area contributed by atoms with Crippen LogP contribution in [0.25, 0.3) is 0 Å². The molecule has 0 fully saturated rings. The van der Waals surface area contributed by atoms with Crippen LogP contribution in [0.3, 0.4) is 0 Å². The third kappa shape index (κ3) is 7.49. The topological polar surface area (TPSA) is 93.9 Å². The van der Waals surface area contributed by atoms with E-state index in [0.717, 1.165) is 0 Å². The Morgan fingerprint density at radius 1 is 1.26 bits per heavy atom. The number of benzene rings is 1. The largest absolute Gasteiger partial charge is 0.484 e. The molecule has 0 saturated carbocycles. The van der Waals surface area contributed by atoms with Gasteiger partial charge in [0, 0.05) is 25.8 Å². The molecule has 146 valence electrons. The molecular weight excluding hydrogens is 350 g/mol. The van der Waals surface area contributed by atoms with Crippen LogP contribution in [0.2, 0.25) is 0 Å². The van der Waals surface area contributed by atoms with E-state index in [4.69, 9.17) is 14.0 Å². The van der Waals surface area contributed by atoms with Crippen LogP contribution < -0.4 is 10.1 Å². The van der Waals surface area contributed by atoms with Crippen molar-refractivity contribution in [1.82, 2.24) is 10.1 Å². The Balaban J connectivity index is 1.89. The quantitative estimate of drug-likeness (QED) is 0.606. The number of ether oxygens (including phenoxy) is 2. The fourth-order valence-electron chi connectivity index (χ4n) is 2.33. The average molecular weight is 375 g/mol. The zero-order valence-electron chi connectivity index (χ0n) is 15.6. The van der Waals surface area contributed by atoms with Gasteiger partial charge < -0.3 is 24.2 Å². The second-order valence-electron chi connectivity index (χ2n) is 5.84. The zero-order valence-corrected chi connectivity index (χ0v) is 15.6. The molecule has 0 spiro atoms. The predicted octanol–water partition coefficient (Wildman–Crippen LogP) is 2.26. The molecule has 8 nitrogen and oxygen atoms in total. The molecule has 1 heterocycles. The van der Waals surface area contributed by atoms with Crippen LogP contribution >= 0.6 is 0 Å². The molecule has 27 heavy (non-hydrogen) atoms. The summed E-state index contributed by atoms with van der Waals surface area (Å²) in [7, 11) is 0. The van der Waals surface area contributed by atoms with Crippen LogP contribution in [-0.2, 0) is 14.3 Å². The summed E-state index contributed by atoms with van der Waals surface area (Å²) in [6, 6.07) is 10.7. The summed E-state index contributed by atoms with van der Waals surface area (Å²) in [4.78, 5) is 26.2. The number of nitrogens with zero attached hydrogens (tertiary/aromatic N) is 2. The van der Waals surface area contributed by atoms with E-state index in [9.17, 15) is 9.59 Å². The van der Waals surface area contributed by atoms with Gasteiger partial charge in [-0.2, -0.15) is 0 Å². The van der Waals surface area contributed by atoms with Gasteiger partial charge in [0.2, 0.25) is 5.91 Å². The van der Waals surface area contributed by atoms with Crippen molar-refractivity contribution in [2.24, 2.45) is 0 Å². The molecule has 0 unspecified atom stereocenters. The number of rotatable bonds is 11. The van der Waals surface area contributed by atoms with E-state index in [1.807, 2.05) is 25.1 Å². The van der Waals surface area contributed by atoms with Gasteiger partial charge in [-0.05, 0) is 32.4 Å². The van der Waals surface area contributed by atoms with E-state index >= 15 is 0 Å². The van der Waals surface area contributed by atoms with E-state index in [1.54, 1.807) is 25.1 Å². The number of aromatic nitrogens is 1.